The molecule has 1 saturated heterocycles. The zero-order valence-corrected chi connectivity index (χ0v) is 16.5. The first kappa shape index (κ1) is 21.1. The topological polar surface area (TPSA) is 37.4 Å². The van der Waals surface area contributed by atoms with Gasteiger partial charge < -0.3 is 0 Å². The highest BCUT2D eigenvalue weighted by Crippen LogP contribution is 2.43. The minimum Gasteiger partial charge on any atom is -0.273 e. The van der Waals surface area contributed by atoms with Crippen LogP contribution in [0.25, 0.3) is 0 Å². The molecule has 0 aliphatic carbocycles. The van der Waals surface area contributed by atoms with Crippen LogP contribution in [0.5, 0.6) is 0 Å². The maximum absolute atomic E-state index is 12.1. The molecule has 23 heavy (non-hydrogen) atoms. The number of hydrogen-bond donors (Lipinski definition) is 0. The van der Waals surface area contributed by atoms with Gasteiger partial charge in [-0.05, 0) is 12.8 Å². The van der Waals surface area contributed by atoms with Crippen LogP contribution in [0.2, 0.25) is 0 Å². The van der Waals surface area contributed by atoms with Gasteiger partial charge >= 0.3 is 0 Å². The van der Waals surface area contributed by atoms with Crippen molar-refractivity contribution in [1.82, 2.24) is 4.31 Å². The molecule has 1 heterocycles. The molecule has 1 rings (SSSR count). The quantitative estimate of drug-likeness (QED) is 0.148. The molecule has 0 N–H and O–H groups in total. The second-order valence-corrected chi connectivity index (χ2v) is 9.83. The van der Waals surface area contributed by atoms with E-state index in [2.05, 4.69) is 6.92 Å². The largest absolute Gasteiger partial charge is 0.273 e. The molecule has 2 amide bonds. The number of alkyl halides is 3. The number of hydrogen-bond acceptors (Lipinski definition) is 3. The van der Waals surface area contributed by atoms with Crippen molar-refractivity contribution in [2.24, 2.45) is 5.92 Å². The third-order valence-corrected chi connectivity index (χ3v) is 5.07. The summed E-state index contributed by atoms with van der Waals surface area (Å²) in [4.78, 5) is 23.9. The van der Waals surface area contributed by atoms with Gasteiger partial charge in [0.15, 0.2) is 0 Å². The van der Waals surface area contributed by atoms with E-state index >= 15 is 0 Å². The van der Waals surface area contributed by atoms with Crippen molar-refractivity contribution in [1.29, 1.82) is 0 Å². The zero-order valence-electron chi connectivity index (χ0n) is 13.4. The summed E-state index contributed by atoms with van der Waals surface area (Å²) in [6.07, 6.45) is 13.7. The lowest BCUT2D eigenvalue weighted by atomic mass is 10.1. The number of rotatable bonds is 10. The molecule has 1 atom stereocenters. The van der Waals surface area contributed by atoms with E-state index in [4.69, 9.17) is 34.8 Å². The number of allylic oxidation sites excluding steroid dienone is 1. The third-order valence-electron chi connectivity index (χ3n) is 3.68. The number of nitrogens with zero attached hydrogens (tertiary/aromatic N) is 1. The molecule has 0 aromatic heterocycles. The van der Waals surface area contributed by atoms with Gasteiger partial charge in [-0.1, -0.05) is 92.4 Å². The lowest BCUT2D eigenvalue weighted by molar-refractivity contribution is -0.132. The predicted molar refractivity (Wildman–Crippen MR) is 99.6 cm³/mol. The molecule has 0 aromatic rings. The smallest absolute Gasteiger partial charge is 0.256 e. The molecule has 0 aromatic carbocycles. The van der Waals surface area contributed by atoms with Crippen molar-refractivity contribution in [2.45, 2.75) is 67.8 Å². The maximum atomic E-state index is 12.1. The lowest BCUT2D eigenvalue weighted by Gasteiger charge is -2.17. The number of halogens is 3. The van der Waals surface area contributed by atoms with Crippen LogP contribution >= 0.6 is 46.8 Å². The Morgan fingerprint density at radius 1 is 1.13 bits per heavy atom. The monoisotopic (exact) mass is 399 g/mol. The summed E-state index contributed by atoms with van der Waals surface area (Å²) in [6.45, 7) is 2.22. The molecule has 1 aliphatic rings. The van der Waals surface area contributed by atoms with Crippen LogP contribution < -0.4 is 0 Å². The SMILES string of the molecule is CCCCCCCCC/C=C/C1CC(=O)N(SC(Cl)(Cl)Cl)C1=O. The highest BCUT2D eigenvalue weighted by Gasteiger charge is 2.41. The van der Waals surface area contributed by atoms with Crippen molar-refractivity contribution in [3.05, 3.63) is 12.2 Å². The Hall–Kier alpha value is 0.1000. The molecule has 0 bridgehead atoms. The van der Waals surface area contributed by atoms with E-state index in [1.54, 1.807) is 0 Å². The van der Waals surface area contributed by atoms with E-state index in [1.165, 1.54) is 38.5 Å². The van der Waals surface area contributed by atoms with E-state index in [9.17, 15) is 9.59 Å². The standard InChI is InChI=1S/C16H24Cl3NO2S/c1-2-3-4-5-6-7-8-9-10-11-13-12-14(21)20(15(13)22)23-16(17,18)19/h10-11,13H,2-9,12H2,1H3/b11-10+. The maximum Gasteiger partial charge on any atom is 0.256 e. The van der Waals surface area contributed by atoms with Crippen LogP contribution in [-0.4, -0.2) is 19.2 Å². The second kappa shape index (κ2) is 10.9. The minimum atomic E-state index is -1.71. The third kappa shape index (κ3) is 8.67. The summed E-state index contributed by atoms with van der Waals surface area (Å²) in [5.41, 5.74) is 0. The molecular weight excluding hydrogens is 377 g/mol. The van der Waals surface area contributed by atoms with Gasteiger partial charge in [0, 0.05) is 18.4 Å². The molecular formula is C16H24Cl3NO2S. The second-order valence-electron chi connectivity index (χ2n) is 5.71. The summed E-state index contributed by atoms with van der Waals surface area (Å²) in [7, 11) is 0. The minimum absolute atomic E-state index is 0.153. The average molecular weight is 401 g/mol. The van der Waals surface area contributed by atoms with Crippen LogP contribution in [0.15, 0.2) is 12.2 Å². The van der Waals surface area contributed by atoms with Crippen LogP contribution in [0.1, 0.15) is 64.7 Å². The van der Waals surface area contributed by atoms with Gasteiger partial charge in [0.1, 0.15) is 0 Å². The first-order valence-electron chi connectivity index (χ1n) is 8.14. The average Bonchev–Trinajstić information content (AvgIpc) is 2.72. The Kier molecular flexibility index (Phi) is 9.98. The number of unbranched alkanes of at least 4 members (excludes halogenated alkanes) is 7. The van der Waals surface area contributed by atoms with Crippen molar-refractivity contribution < 1.29 is 9.59 Å². The van der Waals surface area contributed by atoms with Crippen LogP contribution in [-0.2, 0) is 9.59 Å². The molecule has 1 fully saturated rings. The fraction of sp³-hybridized carbons (Fsp3) is 0.750. The first-order chi connectivity index (χ1) is 10.8. The number of carbonyl (C=O) groups excluding carboxylic acids is 2. The zero-order chi connectivity index (χ0) is 17.3. The molecule has 0 saturated carbocycles. The Bertz CT molecular complexity index is 424. The van der Waals surface area contributed by atoms with E-state index < -0.39 is 9.04 Å². The van der Waals surface area contributed by atoms with Crippen molar-refractivity contribution in [2.75, 3.05) is 0 Å². The van der Waals surface area contributed by atoms with Gasteiger partial charge in [-0.3, -0.25) is 9.59 Å². The van der Waals surface area contributed by atoms with E-state index in [-0.39, 0.29) is 18.2 Å². The van der Waals surface area contributed by atoms with E-state index in [0.717, 1.165) is 17.1 Å². The number of imide groups is 1. The van der Waals surface area contributed by atoms with Crippen molar-refractivity contribution >= 4 is 58.6 Å². The van der Waals surface area contributed by atoms with Crippen molar-refractivity contribution in [3.63, 3.8) is 0 Å². The molecule has 7 heteroatoms. The van der Waals surface area contributed by atoms with Gasteiger partial charge in [0.25, 0.3) is 3.12 Å². The summed E-state index contributed by atoms with van der Waals surface area (Å²) in [6, 6.07) is 0. The fourth-order valence-corrected chi connectivity index (χ4v) is 3.69. The number of carbonyl (C=O) groups is 2. The molecule has 3 nitrogen and oxygen atoms in total. The van der Waals surface area contributed by atoms with Gasteiger partial charge in [-0.25, -0.2) is 4.31 Å². The van der Waals surface area contributed by atoms with Gasteiger partial charge in [-0.2, -0.15) is 0 Å². The molecule has 132 valence electrons. The van der Waals surface area contributed by atoms with Crippen LogP contribution in [0.4, 0.5) is 0 Å². The molecule has 1 aliphatic heterocycles. The predicted octanol–water partition coefficient (Wildman–Crippen LogP) is 6.03. The molecule has 1 unspecified atom stereocenters. The normalized spacial score (nSPS) is 19.3. The summed E-state index contributed by atoms with van der Waals surface area (Å²) >= 11 is 17.5. The Morgan fingerprint density at radius 3 is 2.35 bits per heavy atom. The highest BCUT2D eigenvalue weighted by molar-refractivity contribution is 8.03. The Balaban J connectivity index is 2.24. The Morgan fingerprint density at radius 2 is 1.74 bits per heavy atom. The summed E-state index contributed by atoms with van der Waals surface area (Å²) in [5, 5.41) is 0. The van der Waals surface area contributed by atoms with Gasteiger partial charge in [0.2, 0.25) is 11.8 Å². The van der Waals surface area contributed by atoms with Crippen LogP contribution in [0, 0.1) is 5.92 Å². The number of amides is 2. The van der Waals surface area contributed by atoms with E-state index in [0.29, 0.717) is 11.9 Å². The molecule has 0 spiro atoms. The van der Waals surface area contributed by atoms with Gasteiger partial charge in [0.05, 0.1) is 5.92 Å². The summed E-state index contributed by atoms with van der Waals surface area (Å²) in [5.74, 6) is -1.04. The summed E-state index contributed by atoms with van der Waals surface area (Å²) < 4.78 is -0.739. The van der Waals surface area contributed by atoms with Crippen LogP contribution in [0.3, 0.4) is 0 Å². The van der Waals surface area contributed by atoms with Crippen molar-refractivity contribution in [3.8, 4) is 0 Å². The first-order valence-corrected chi connectivity index (χ1v) is 10.0. The lowest BCUT2D eigenvalue weighted by Crippen LogP contribution is -2.26. The highest BCUT2D eigenvalue weighted by atomic mass is 35.6. The van der Waals surface area contributed by atoms with E-state index in [1.807, 2.05) is 12.2 Å². The molecule has 0 radical (unpaired) electrons. The Labute approximate surface area is 158 Å². The fourth-order valence-electron chi connectivity index (χ4n) is 2.46. The van der Waals surface area contributed by atoms with Gasteiger partial charge in [-0.15, -0.1) is 0 Å².